The highest BCUT2D eigenvalue weighted by Crippen LogP contribution is 2.19. The van der Waals surface area contributed by atoms with Gasteiger partial charge in [-0.05, 0) is 18.6 Å². The summed E-state index contributed by atoms with van der Waals surface area (Å²) in [4.78, 5) is 30.3. The number of pyridine rings is 2. The van der Waals surface area contributed by atoms with E-state index in [0.29, 0.717) is 30.5 Å². The lowest BCUT2D eigenvalue weighted by atomic mass is 10.2. The summed E-state index contributed by atoms with van der Waals surface area (Å²) in [6, 6.07) is 5.26. The van der Waals surface area contributed by atoms with Gasteiger partial charge < -0.3 is 14.6 Å². The third kappa shape index (κ3) is 3.61. The molecule has 1 aliphatic heterocycles. The van der Waals surface area contributed by atoms with Crippen LogP contribution in [0.25, 0.3) is 10.9 Å². The predicted molar refractivity (Wildman–Crippen MR) is 91.3 cm³/mol. The van der Waals surface area contributed by atoms with E-state index in [2.05, 4.69) is 15.2 Å². The maximum atomic E-state index is 12.6. The van der Waals surface area contributed by atoms with Gasteiger partial charge in [-0.25, -0.2) is 4.98 Å². The molecular weight excluding hydrogens is 322 g/mol. The minimum absolute atomic E-state index is 0.0400. The zero-order valence-corrected chi connectivity index (χ0v) is 14.0. The monoisotopic (exact) mass is 341 g/mol. The first-order chi connectivity index (χ1) is 12.1. The maximum Gasteiger partial charge on any atom is 0.260 e. The number of hydrogen-bond donors (Lipinski definition) is 1. The lowest BCUT2D eigenvalue weighted by Crippen LogP contribution is -2.47. The average molecular weight is 341 g/mol. The molecule has 130 valence electrons. The number of carbonyl (C=O) groups excluding carboxylic acids is 1. The Kier molecular flexibility index (Phi) is 4.95. The molecule has 8 nitrogen and oxygen atoms in total. The number of aromatic nitrogens is 2. The molecule has 0 bridgehead atoms. The summed E-state index contributed by atoms with van der Waals surface area (Å²) >= 11 is 0. The Labute approximate surface area is 144 Å². The Morgan fingerprint density at radius 1 is 1.40 bits per heavy atom. The molecule has 1 amide bonds. The van der Waals surface area contributed by atoms with Crippen LogP contribution >= 0.6 is 0 Å². The summed E-state index contributed by atoms with van der Waals surface area (Å²) in [7, 11) is 1.44. The number of aryl methyl sites for hydroxylation is 1. The first-order valence-corrected chi connectivity index (χ1v) is 8.09. The molecule has 8 heteroatoms. The standard InChI is InChI=1S/C17H19N5O3/c1-25-16-12(10-18)9-13-14(20-16)3-7-22(17(13)24)6-2-5-21-8-4-19-15(23)11-21/h3,7,9H,2,4-6,8,11H2,1H3,(H,19,23). The SMILES string of the molecule is COc1nc2ccn(CCCN3CCNC(=O)C3)c(=O)c2cc1C#N. The molecule has 1 N–H and O–H groups in total. The first kappa shape index (κ1) is 16.9. The summed E-state index contributed by atoms with van der Waals surface area (Å²) in [6.07, 6.45) is 2.46. The number of fused-ring (bicyclic) bond motifs is 1. The topological polar surface area (TPSA) is 100 Å². The second-order valence-corrected chi connectivity index (χ2v) is 5.88. The van der Waals surface area contributed by atoms with Crippen molar-refractivity contribution in [2.75, 3.05) is 33.3 Å². The molecule has 1 saturated heterocycles. The summed E-state index contributed by atoms with van der Waals surface area (Å²) in [5, 5.41) is 12.3. The molecule has 2 aromatic rings. The number of rotatable bonds is 5. The van der Waals surface area contributed by atoms with Crippen molar-refractivity contribution in [3.63, 3.8) is 0 Å². The number of nitriles is 1. The van der Waals surface area contributed by atoms with Crippen LogP contribution in [0.1, 0.15) is 12.0 Å². The van der Waals surface area contributed by atoms with Gasteiger partial charge >= 0.3 is 0 Å². The highest BCUT2D eigenvalue weighted by atomic mass is 16.5. The van der Waals surface area contributed by atoms with Gasteiger partial charge in [0.05, 0.1) is 24.6 Å². The molecule has 0 spiro atoms. The zero-order chi connectivity index (χ0) is 17.8. The maximum absolute atomic E-state index is 12.6. The number of amides is 1. The van der Waals surface area contributed by atoms with Gasteiger partial charge in [-0.2, -0.15) is 5.26 Å². The summed E-state index contributed by atoms with van der Waals surface area (Å²) in [5.41, 5.74) is 0.564. The molecule has 0 aliphatic carbocycles. The molecule has 1 fully saturated rings. The lowest BCUT2D eigenvalue weighted by Gasteiger charge is -2.26. The normalized spacial score (nSPS) is 15.0. The Bertz CT molecular complexity index is 900. The van der Waals surface area contributed by atoms with Crippen molar-refractivity contribution in [3.05, 3.63) is 34.2 Å². The molecule has 0 aromatic carbocycles. The van der Waals surface area contributed by atoms with E-state index in [-0.39, 0.29) is 22.9 Å². The van der Waals surface area contributed by atoms with E-state index in [1.165, 1.54) is 13.2 Å². The third-order valence-electron chi connectivity index (χ3n) is 4.23. The Hall–Kier alpha value is -2.92. The molecule has 3 rings (SSSR count). The average Bonchev–Trinajstić information content (AvgIpc) is 2.62. The molecule has 2 aromatic heterocycles. The number of carbonyl (C=O) groups is 1. The number of methoxy groups -OCH3 is 1. The molecular formula is C17H19N5O3. The number of hydrogen-bond acceptors (Lipinski definition) is 6. The van der Waals surface area contributed by atoms with E-state index in [4.69, 9.17) is 10.00 Å². The van der Waals surface area contributed by atoms with Gasteiger partial charge in [-0.15, -0.1) is 0 Å². The van der Waals surface area contributed by atoms with Crippen LogP contribution in [0.4, 0.5) is 0 Å². The second kappa shape index (κ2) is 7.32. The molecule has 25 heavy (non-hydrogen) atoms. The molecule has 0 saturated carbocycles. The smallest absolute Gasteiger partial charge is 0.260 e. The van der Waals surface area contributed by atoms with Crippen molar-refractivity contribution in [3.8, 4) is 11.9 Å². The number of nitrogens with zero attached hydrogens (tertiary/aromatic N) is 4. The lowest BCUT2D eigenvalue weighted by molar-refractivity contribution is -0.124. The Balaban J connectivity index is 1.76. The Morgan fingerprint density at radius 3 is 2.96 bits per heavy atom. The fraction of sp³-hybridized carbons (Fsp3) is 0.412. The van der Waals surface area contributed by atoms with E-state index in [1.54, 1.807) is 16.8 Å². The van der Waals surface area contributed by atoms with Crippen molar-refractivity contribution in [2.45, 2.75) is 13.0 Å². The van der Waals surface area contributed by atoms with Crippen molar-refractivity contribution >= 4 is 16.8 Å². The van der Waals surface area contributed by atoms with Crippen LogP contribution in [-0.2, 0) is 11.3 Å². The predicted octanol–water partition coefficient (Wildman–Crippen LogP) is 0.0987. The van der Waals surface area contributed by atoms with Crippen molar-refractivity contribution < 1.29 is 9.53 Å². The van der Waals surface area contributed by atoms with Crippen molar-refractivity contribution in [1.29, 1.82) is 5.26 Å². The van der Waals surface area contributed by atoms with Crippen LogP contribution in [0.5, 0.6) is 5.88 Å². The molecule has 1 aliphatic rings. The summed E-state index contributed by atoms with van der Waals surface area (Å²) < 4.78 is 6.69. The van der Waals surface area contributed by atoms with Crippen LogP contribution in [0.15, 0.2) is 23.1 Å². The van der Waals surface area contributed by atoms with Gasteiger partial charge in [0.25, 0.3) is 5.56 Å². The van der Waals surface area contributed by atoms with Gasteiger partial charge in [-0.1, -0.05) is 0 Å². The van der Waals surface area contributed by atoms with Crippen LogP contribution in [0.2, 0.25) is 0 Å². The number of piperazine rings is 1. The molecule has 3 heterocycles. The van der Waals surface area contributed by atoms with E-state index in [0.717, 1.165) is 19.5 Å². The zero-order valence-electron chi connectivity index (χ0n) is 14.0. The van der Waals surface area contributed by atoms with Gasteiger partial charge in [0.15, 0.2) is 0 Å². The van der Waals surface area contributed by atoms with Gasteiger partial charge in [0.1, 0.15) is 11.6 Å². The van der Waals surface area contributed by atoms with Crippen molar-refractivity contribution in [1.82, 2.24) is 19.8 Å². The molecule has 0 unspecified atom stereocenters. The van der Waals surface area contributed by atoms with Gasteiger partial charge in [0.2, 0.25) is 11.8 Å². The van der Waals surface area contributed by atoms with E-state index < -0.39 is 0 Å². The molecule has 0 radical (unpaired) electrons. The third-order valence-corrected chi connectivity index (χ3v) is 4.23. The van der Waals surface area contributed by atoms with Crippen LogP contribution in [0, 0.1) is 11.3 Å². The first-order valence-electron chi connectivity index (χ1n) is 8.09. The number of ether oxygens (including phenoxy) is 1. The van der Waals surface area contributed by atoms with Crippen LogP contribution in [0.3, 0.4) is 0 Å². The number of nitrogens with one attached hydrogen (secondary N) is 1. The fourth-order valence-electron chi connectivity index (χ4n) is 2.95. The highest BCUT2D eigenvalue weighted by molar-refractivity contribution is 5.80. The van der Waals surface area contributed by atoms with E-state index in [1.807, 2.05) is 6.07 Å². The molecule has 0 atom stereocenters. The minimum Gasteiger partial charge on any atom is -0.480 e. The van der Waals surface area contributed by atoms with Crippen LogP contribution in [-0.4, -0.2) is 53.6 Å². The fourth-order valence-corrected chi connectivity index (χ4v) is 2.95. The van der Waals surface area contributed by atoms with Crippen molar-refractivity contribution in [2.24, 2.45) is 0 Å². The quantitative estimate of drug-likeness (QED) is 0.828. The second-order valence-electron chi connectivity index (χ2n) is 5.88. The van der Waals surface area contributed by atoms with Gasteiger partial charge in [-0.3, -0.25) is 14.5 Å². The van der Waals surface area contributed by atoms with Crippen LogP contribution < -0.4 is 15.6 Å². The van der Waals surface area contributed by atoms with E-state index >= 15 is 0 Å². The summed E-state index contributed by atoms with van der Waals surface area (Å²) in [6.45, 7) is 3.19. The Morgan fingerprint density at radius 2 is 2.24 bits per heavy atom. The van der Waals surface area contributed by atoms with E-state index in [9.17, 15) is 9.59 Å². The van der Waals surface area contributed by atoms with Gasteiger partial charge in [0, 0.05) is 32.4 Å². The minimum atomic E-state index is -0.180. The summed E-state index contributed by atoms with van der Waals surface area (Å²) in [5.74, 6) is 0.258. The largest absolute Gasteiger partial charge is 0.480 e. The highest BCUT2D eigenvalue weighted by Gasteiger charge is 2.15.